The maximum atomic E-state index is 11.2. The van der Waals surface area contributed by atoms with Crippen LogP contribution in [0.3, 0.4) is 0 Å². The molecule has 0 radical (unpaired) electrons. The highest BCUT2D eigenvalue weighted by molar-refractivity contribution is 6.34. The Morgan fingerprint density at radius 3 is 2.85 bits per heavy atom. The number of rotatable bonds is 0. The van der Waals surface area contributed by atoms with Crippen molar-refractivity contribution >= 4 is 22.5 Å². The van der Waals surface area contributed by atoms with Crippen LogP contribution >= 0.6 is 11.6 Å². The summed E-state index contributed by atoms with van der Waals surface area (Å²) in [5.41, 5.74) is 0.469. The van der Waals surface area contributed by atoms with Crippen molar-refractivity contribution in [1.29, 1.82) is 0 Å². The van der Waals surface area contributed by atoms with Crippen molar-refractivity contribution in [3.8, 4) is 0 Å². The van der Waals surface area contributed by atoms with E-state index in [1.54, 1.807) is 7.05 Å². The Morgan fingerprint density at radius 1 is 1.38 bits per heavy atom. The molecule has 3 nitrogen and oxygen atoms in total. The van der Waals surface area contributed by atoms with Crippen LogP contribution < -0.4 is 5.69 Å². The topological polar surface area (TPSA) is 34.9 Å². The van der Waals surface area contributed by atoms with Gasteiger partial charge in [-0.15, -0.1) is 0 Å². The Kier molecular flexibility index (Phi) is 1.81. The van der Waals surface area contributed by atoms with Crippen LogP contribution in [0.25, 0.3) is 10.9 Å². The van der Waals surface area contributed by atoms with Gasteiger partial charge < -0.3 is 0 Å². The molecule has 0 atom stereocenters. The number of hydrogen-bond donors (Lipinski definition) is 0. The maximum absolute atomic E-state index is 11.2. The van der Waals surface area contributed by atoms with Gasteiger partial charge >= 0.3 is 5.69 Å². The second-order valence-corrected chi connectivity index (χ2v) is 3.12. The first kappa shape index (κ1) is 8.26. The van der Waals surface area contributed by atoms with Gasteiger partial charge in [0, 0.05) is 12.4 Å². The molecule has 0 aliphatic rings. The summed E-state index contributed by atoms with van der Waals surface area (Å²) >= 11 is 5.81. The molecule has 0 saturated heterocycles. The average Bonchev–Trinajstić information content (AvgIpc) is 2.15. The molecule has 0 fully saturated rings. The Labute approximate surface area is 79.6 Å². The van der Waals surface area contributed by atoms with E-state index in [1.165, 1.54) is 4.57 Å². The minimum atomic E-state index is -0.330. The molecular weight excluding hydrogens is 188 g/mol. The van der Waals surface area contributed by atoms with Crippen molar-refractivity contribution in [3.63, 3.8) is 0 Å². The third kappa shape index (κ3) is 1.21. The summed E-state index contributed by atoms with van der Waals surface area (Å²) in [5.74, 6) is 0. The summed E-state index contributed by atoms with van der Waals surface area (Å²) in [6.45, 7) is 0. The second-order valence-electron chi connectivity index (χ2n) is 2.76. The van der Waals surface area contributed by atoms with E-state index in [0.717, 1.165) is 10.9 Å². The number of aromatic nitrogens is 2. The molecule has 2 rings (SSSR count). The van der Waals surface area contributed by atoms with Crippen molar-refractivity contribution in [2.45, 2.75) is 0 Å². The molecule has 0 unspecified atom stereocenters. The summed E-state index contributed by atoms with van der Waals surface area (Å²) in [4.78, 5) is 14.9. The van der Waals surface area contributed by atoms with Gasteiger partial charge in [-0.05, 0) is 12.1 Å². The zero-order chi connectivity index (χ0) is 9.42. The van der Waals surface area contributed by atoms with Crippen LogP contribution in [0, 0.1) is 0 Å². The molecular formula is C9H7ClN2O. The third-order valence-electron chi connectivity index (χ3n) is 1.97. The van der Waals surface area contributed by atoms with Gasteiger partial charge in [-0.25, -0.2) is 4.79 Å². The van der Waals surface area contributed by atoms with Gasteiger partial charge in [0.25, 0.3) is 0 Å². The predicted molar refractivity (Wildman–Crippen MR) is 52.0 cm³/mol. The first-order chi connectivity index (χ1) is 6.20. The molecule has 0 bridgehead atoms. The molecule has 0 amide bonds. The van der Waals surface area contributed by atoms with Crippen LogP contribution in [0.15, 0.2) is 29.1 Å². The predicted octanol–water partition coefficient (Wildman–Crippen LogP) is 1.59. The fraction of sp³-hybridized carbons (Fsp3) is 0.111. The van der Waals surface area contributed by atoms with Crippen molar-refractivity contribution in [2.75, 3.05) is 0 Å². The van der Waals surface area contributed by atoms with E-state index in [9.17, 15) is 4.79 Å². The van der Waals surface area contributed by atoms with E-state index >= 15 is 0 Å². The molecule has 0 spiro atoms. The van der Waals surface area contributed by atoms with Crippen LogP contribution in [-0.2, 0) is 7.05 Å². The zero-order valence-electron chi connectivity index (χ0n) is 6.99. The van der Waals surface area contributed by atoms with Crippen LogP contribution in [0.4, 0.5) is 0 Å². The number of hydrogen-bond acceptors (Lipinski definition) is 2. The molecule has 13 heavy (non-hydrogen) atoms. The van der Waals surface area contributed by atoms with Gasteiger partial charge in [-0.3, -0.25) is 4.57 Å². The summed E-state index contributed by atoms with van der Waals surface area (Å²) in [6.07, 6.45) is 0. The number of nitrogens with zero attached hydrogens (tertiary/aromatic N) is 2. The van der Waals surface area contributed by atoms with E-state index in [0.29, 0.717) is 0 Å². The largest absolute Gasteiger partial charge is 0.349 e. The Morgan fingerprint density at radius 2 is 2.08 bits per heavy atom. The molecule has 0 saturated carbocycles. The number of aryl methyl sites for hydroxylation is 1. The lowest BCUT2D eigenvalue weighted by atomic mass is 10.2. The third-order valence-corrected chi connectivity index (χ3v) is 2.26. The molecule has 1 heterocycles. The molecule has 66 valence electrons. The van der Waals surface area contributed by atoms with Gasteiger partial charge in [0.15, 0.2) is 0 Å². The highest BCUT2D eigenvalue weighted by atomic mass is 35.5. The first-order valence-corrected chi connectivity index (χ1v) is 4.19. The fourth-order valence-corrected chi connectivity index (χ4v) is 1.49. The van der Waals surface area contributed by atoms with Crippen molar-refractivity contribution in [3.05, 3.63) is 39.9 Å². The monoisotopic (exact) mass is 194 g/mol. The van der Waals surface area contributed by atoms with Gasteiger partial charge in [0.05, 0.1) is 5.52 Å². The van der Waals surface area contributed by atoms with Gasteiger partial charge in [0.1, 0.15) is 5.15 Å². The molecule has 0 aliphatic heterocycles. The minimum Gasteiger partial charge on any atom is -0.295 e. The molecule has 1 aromatic heterocycles. The first-order valence-electron chi connectivity index (χ1n) is 3.81. The van der Waals surface area contributed by atoms with E-state index < -0.39 is 0 Å². The van der Waals surface area contributed by atoms with Crippen molar-refractivity contribution in [1.82, 2.24) is 9.55 Å². The van der Waals surface area contributed by atoms with Crippen LogP contribution in [0.2, 0.25) is 5.15 Å². The van der Waals surface area contributed by atoms with E-state index in [1.807, 2.05) is 24.3 Å². The quantitative estimate of drug-likeness (QED) is 0.597. The summed E-state index contributed by atoms with van der Waals surface area (Å²) in [5, 5.41) is 1.06. The number of benzene rings is 1. The van der Waals surface area contributed by atoms with Crippen LogP contribution in [0.1, 0.15) is 0 Å². The minimum absolute atomic E-state index is 0.263. The molecule has 0 N–H and O–H groups in total. The molecule has 0 aliphatic carbocycles. The smallest absolute Gasteiger partial charge is 0.295 e. The standard InChI is InChI=1S/C9H7ClN2O/c1-12-7-5-3-2-4-6(7)8(10)11-9(12)13/h2-5H,1H3. The number of para-hydroxylation sites is 1. The van der Waals surface area contributed by atoms with E-state index in [4.69, 9.17) is 11.6 Å². The number of halogens is 1. The zero-order valence-corrected chi connectivity index (χ0v) is 7.75. The lowest BCUT2D eigenvalue weighted by Gasteiger charge is -2.03. The van der Waals surface area contributed by atoms with Gasteiger partial charge in [0.2, 0.25) is 0 Å². The van der Waals surface area contributed by atoms with Crippen LogP contribution in [0.5, 0.6) is 0 Å². The van der Waals surface area contributed by atoms with E-state index in [-0.39, 0.29) is 10.8 Å². The van der Waals surface area contributed by atoms with Crippen molar-refractivity contribution in [2.24, 2.45) is 7.05 Å². The fourth-order valence-electron chi connectivity index (χ4n) is 1.26. The summed E-state index contributed by atoms with van der Waals surface area (Å²) in [6, 6.07) is 7.40. The lowest BCUT2D eigenvalue weighted by Crippen LogP contribution is -2.20. The second kappa shape index (κ2) is 2.85. The SMILES string of the molecule is Cn1c(=O)nc(Cl)c2ccccc21. The molecule has 2 aromatic rings. The summed E-state index contributed by atoms with van der Waals surface area (Å²) in [7, 11) is 1.67. The normalized spacial score (nSPS) is 10.6. The van der Waals surface area contributed by atoms with Gasteiger partial charge in [-0.2, -0.15) is 4.98 Å². The average molecular weight is 195 g/mol. The lowest BCUT2D eigenvalue weighted by molar-refractivity contribution is 0.853. The van der Waals surface area contributed by atoms with Crippen molar-refractivity contribution < 1.29 is 0 Å². The van der Waals surface area contributed by atoms with Crippen LogP contribution in [-0.4, -0.2) is 9.55 Å². The van der Waals surface area contributed by atoms with E-state index in [2.05, 4.69) is 4.98 Å². The Hall–Kier alpha value is -1.35. The highest BCUT2D eigenvalue weighted by Crippen LogP contribution is 2.17. The Balaban J connectivity index is 3.06. The Bertz CT molecular complexity index is 518. The van der Waals surface area contributed by atoms with Gasteiger partial charge in [-0.1, -0.05) is 23.7 Å². The molecule has 1 aromatic carbocycles. The summed E-state index contributed by atoms with van der Waals surface area (Å²) < 4.78 is 1.47. The maximum Gasteiger partial charge on any atom is 0.349 e. The number of fused-ring (bicyclic) bond motifs is 1. The highest BCUT2D eigenvalue weighted by Gasteiger charge is 2.03. The molecule has 4 heteroatoms.